The molecular weight excluding hydrogens is 260 g/mol. The molecule has 0 heterocycles. The molecule has 0 bridgehead atoms. The second kappa shape index (κ2) is 4.34. The fraction of sp³-hybridized carbons (Fsp3) is 0.143. The Morgan fingerprint density at radius 2 is 2.06 bits per heavy atom. The quantitative estimate of drug-likeness (QED) is 0.605. The molecule has 0 aliphatic heterocycles. The maximum Gasteiger partial charge on any atom is 0.289 e. The molecule has 0 amide bonds. The Labute approximate surface area is 95.6 Å². The number of nitro groups is 1. The summed E-state index contributed by atoms with van der Waals surface area (Å²) < 4.78 is 22.2. The van der Waals surface area contributed by atoms with Gasteiger partial charge >= 0.3 is 0 Å². The van der Waals surface area contributed by atoms with Gasteiger partial charge in [-0.15, -0.1) is 0 Å². The van der Waals surface area contributed by atoms with Crippen molar-refractivity contribution in [2.45, 2.75) is 11.5 Å². The zero-order chi connectivity index (χ0) is 12.5. The monoisotopic (exact) mass is 266 g/mol. The van der Waals surface area contributed by atoms with Crippen LogP contribution in [0.3, 0.4) is 0 Å². The number of nitrogens with two attached hydrogens (primary N) is 1. The maximum absolute atomic E-state index is 11.1. The van der Waals surface area contributed by atoms with Gasteiger partial charge in [-0.2, -0.15) is 0 Å². The number of primary sulfonamides is 1. The predicted molar refractivity (Wildman–Crippen MR) is 55.4 cm³/mol. The van der Waals surface area contributed by atoms with Crippen molar-refractivity contribution >= 4 is 27.3 Å². The highest BCUT2D eigenvalue weighted by Crippen LogP contribution is 2.32. The number of aliphatic hydroxyl groups excluding tert-OH is 1. The van der Waals surface area contributed by atoms with E-state index in [9.17, 15) is 18.5 Å². The molecule has 88 valence electrons. The highest BCUT2D eigenvalue weighted by molar-refractivity contribution is 7.89. The molecule has 1 aromatic rings. The number of halogens is 1. The van der Waals surface area contributed by atoms with Crippen molar-refractivity contribution in [2.24, 2.45) is 5.14 Å². The Kier molecular flexibility index (Phi) is 3.48. The van der Waals surface area contributed by atoms with Crippen LogP contribution in [0.1, 0.15) is 5.56 Å². The van der Waals surface area contributed by atoms with E-state index >= 15 is 0 Å². The third kappa shape index (κ3) is 2.47. The van der Waals surface area contributed by atoms with E-state index in [0.717, 1.165) is 12.1 Å². The molecule has 0 radical (unpaired) electrons. The van der Waals surface area contributed by atoms with Gasteiger partial charge < -0.3 is 5.11 Å². The van der Waals surface area contributed by atoms with E-state index in [2.05, 4.69) is 0 Å². The molecule has 0 aliphatic carbocycles. The van der Waals surface area contributed by atoms with Crippen LogP contribution in [-0.2, 0) is 16.6 Å². The number of hydrogen-bond acceptors (Lipinski definition) is 5. The molecule has 0 aromatic heterocycles. The number of nitrogens with zero attached hydrogens (tertiary/aromatic N) is 1. The van der Waals surface area contributed by atoms with Gasteiger partial charge in [0.2, 0.25) is 10.0 Å². The third-order valence-corrected chi connectivity index (χ3v) is 3.21. The molecule has 7 nitrogen and oxygen atoms in total. The van der Waals surface area contributed by atoms with Gasteiger partial charge in [-0.3, -0.25) is 10.1 Å². The Morgan fingerprint density at radius 3 is 2.44 bits per heavy atom. The van der Waals surface area contributed by atoms with Crippen LogP contribution in [0.2, 0.25) is 5.02 Å². The topological polar surface area (TPSA) is 124 Å². The van der Waals surface area contributed by atoms with E-state index < -0.39 is 37.2 Å². The van der Waals surface area contributed by atoms with Crippen LogP contribution in [0.5, 0.6) is 0 Å². The molecule has 0 saturated heterocycles. The summed E-state index contributed by atoms with van der Waals surface area (Å²) in [5, 5.41) is 23.7. The summed E-state index contributed by atoms with van der Waals surface area (Å²) in [4.78, 5) is 9.15. The van der Waals surface area contributed by atoms with E-state index in [1.165, 1.54) is 0 Å². The first kappa shape index (κ1) is 12.8. The van der Waals surface area contributed by atoms with Crippen LogP contribution in [0, 0.1) is 10.1 Å². The smallest absolute Gasteiger partial charge is 0.289 e. The van der Waals surface area contributed by atoms with Crippen LogP contribution in [0.25, 0.3) is 0 Å². The molecular formula is C7H7ClN2O5S. The van der Waals surface area contributed by atoms with Crippen LogP contribution < -0.4 is 5.14 Å². The zero-order valence-corrected chi connectivity index (χ0v) is 9.33. The van der Waals surface area contributed by atoms with Crippen molar-refractivity contribution in [1.82, 2.24) is 0 Å². The van der Waals surface area contributed by atoms with E-state index in [4.69, 9.17) is 21.8 Å². The molecule has 0 fully saturated rings. The van der Waals surface area contributed by atoms with Gasteiger partial charge in [0.1, 0.15) is 9.92 Å². The summed E-state index contributed by atoms with van der Waals surface area (Å²) in [5.74, 6) is 0. The summed E-state index contributed by atoms with van der Waals surface area (Å²) in [6, 6.07) is 1.97. The van der Waals surface area contributed by atoms with Gasteiger partial charge in [0, 0.05) is 6.07 Å². The van der Waals surface area contributed by atoms with Crippen molar-refractivity contribution in [3.8, 4) is 0 Å². The van der Waals surface area contributed by atoms with Crippen molar-refractivity contribution in [1.29, 1.82) is 0 Å². The Bertz CT molecular complexity index is 542. The zero-order valence-electron chi connectivity index (χ0n) is 7.75. The maximum atomic E-state index is 11.1. The molecule has 9 heteroatoms. The van der Waals surface area contributed by atoms with Crippen LogP contribution in [0.15, 0.2) is 17.0 Å². The van der Waals surface area contributed by atoms with E-state index in [0.29, 0.717) is 0 Å². The average molecular weight is 267 g/mol. The molecule has 16 heavy (non-hydrogen) atoms. The van der Waals surface area contributed by atoms with Crippen molar-refractivity contribution < 1.29 is 18.4 Å². The van der Waals surface area contributed by atoms with E-state index in [-0.39, 0.29) is 5.56 Å². The third-order valence-electron chi connectivity index (χ3n) is 1.77. The lowest BCUT2D eigenvalue weighted by atomic mass is 10.2. The van der Waals surface area contributed by atoms with E-state index in [1.807, 2.05) is 0 Å². The fourth-order valence-electron chi connectivity index (χ4n) is 1.07. The largest absolute Gasteiger partial charge is 0.392 e. The second-order valence-electron chi connectivity index (χ2n) is 2.89. The first-order chi connectivity index (χ1) is 7.27. The molecule has 0 saturated carbocycles. The minimum Gasteiger partial charge on any atom is -0.392 e. The Balaban J connectivity index is 3.63. The Hall–Kier alpha value is -1.22. The molecule has 0 atom stereocenters. The fourth-order valence-corrected chi connectivity index (χ4v) is 2.24. The summed E-state index contributed by atoms with van der Waals surface area (Å²) in [7, 11) is -4.17. The second-order valence-corrected chi connectivity index (χ2v) is 4.80. The first-order valence-corrected chi connectivity index (χ1v) is 5.80. The lowest BCUT2D eigenvalue weighted by Gasteiger charge is -2.05. The lowest BCUT2D eigenvalue weighted by molar-refractivity contribution is -0.385. The van der Waals surface area contributed by atoms with E-state index in [1.54, 1.807) is 0 Å². The van der Waals surface area contributed by atoms with Gasteiger partial charge in [0.15, 0.2) is 0 Å². The van der Waals surface area contributed by atoms with Crippen LogP contribution in [-0.4, -0.2) is 18.4 Å². The number of benzene rings is 1. The first-order valence-electron chi connectivity index (χ1n) is 3.88. The van der Waals surface area contributed by atoms with Crippen LogP contribution >= 0.6 is 11.6 Å². The van der Waals surface area contributed by atoms with Crippen molar-refractivity contribution in [3.63, 3.8) is 0 Å². The number of aliphatic hydroxyl groups is 1. The summed E-state index contributed by atoms with van der Waals surface area (Å²) in [6.45, 7) is -0.555. The SMILES string of the molecule is NS(=O)(=O)c1cc(CO)cc([N+](=O)[O-])c1Cl. The van der Waals surface area contributed by atoms with Gasteiger partial charge in [0.05, 0.1) is 11.5 Å². The minimum atomic E-state index is -4.17. The van der Waals surface area contributed by atoms with Gasteiger partial charge in [-0.05, 0) is 11.6 Å². The van der Waals surface area contributed by atoms with Gasteiger partial charge in [0.25, 0.3) is 5.69 Å². The average Bonchev–Trinajstić information content (AvgIpc) is 2.15. The predicted octanol–water partition coefficient (Wildman–Crippen LogP) is 0.388. The molecule has 1 rings (SSSR count). The van der Waals surface area contributed by atoms with Gasteiger partial charge in [-0.25, -0.2) is 13.6 Å². The number of hydrogen-bond donors (Lipinski definition) is 2. The lowest BCUT2D eigenvalue weighted by Crippen LogP contribution is -2.14. The summed E-state index contributed by atoms with van der Waals surface area (Å²) in [5.41, 5.74) is -0.572. The summed E-state index contributed by atoms with van der Waals surface area (Å²) >= 11 is 5.53. The number of sulfonamides is 1. The normalized spacial score (nSPS) is 11.4. The number of nitro benzene ring substituents is 1. The standard InChI is InChI=1S/C7H7ClN2O5S/c8-7-5(10(12)13)1-4(3-11)2-6(7)16(9,14)15/h1-2,11H,3H2,(H2,9,14,15). The Morgan fingerprint density at radius 1 is 1.50 bits per heavy atom. The molecule has 0 unspecified atom stereocenters. The molecule has 0 spiro atoms. The van der Waals surface area contributed by atoms with Gasteiger partial charge in [-0.1, -0.05) is 11.6 Å². The highest BCUT2D eigenvalue weighted by atomic mass is 35.5. The highest BCUT2D eigenvalue weighted by Gasteiger charge is 2.23. The van der Waals surface area contributed by atoms with Crippen LogP contribution in [0.4, 0.5) is 5.69 Å². The van der Waals surface area contributed by atoms with Crippen molar-refractivity contribution in [2.75, 3.05) is 0 Å². The number of rotatable bonds is 3. The van der Waals surface area contributed by atoms with Crippen molar-refractivity contribution in [3.05, 3.63) is 32.8 Å². The molecule has 0 aliphatic rings. The molecule has 1 aromatic carbocycles. The minimum absolute atomic E-state index is 0.0418. The molecule has 3 N–H and O–H groups in total. The summed E-state index contributed by atoms with van der Waals surface area (Å²) in [6.07, 6.45) is 0.